The maximum absolute atomic E-state index is 12.6. The van der Waals surface area contributed by atoms with E-state index in [-0.39, 0.29) is 5.82 Å². The fraction of sp³-hybridized carbons (Fsp3) is 0.111. The maximum Gasteiger partial charge on any atom is 0.238 e. The molecule has 0 spiro atoms. The quantitative estimate of drug-likeness (QED) is 0.829. The van der Waals surface area contributed by atoms with Crippen molar-refractivity contribution in [2.24, 2.45) is 0 Å². The van der Waals surface area contributed by atoms with Crippen LogP contribution in [0.2, 0.25) is 0 Å². The number of hydrogen-bond donors (Lipinski definition) is 0. The van der Waals surface area contributed by atoms with Gasteiger partial charge in [-0.05, 0) is 38.8 Å². The van der Waals surface area contributed by atoms with Crippen LogP contribution in [0.15, 0.2) is 33.5 Å². The molecule has 72 valence electrons. The Balaban J connectivity index is 2.15. The second-order valence-corrected chi connectivity index (χ2v) is 3.47. The van der Waals surface area contributed by atoms with Crippen LogP contribution in [0.3, 0.4) is 0 Å². The molecule has 0 unspecified atom stereocenters. The third-order valence-electron chi connectivity index (χ3n) is 1.71. The van der Waals surface area contributed by atoms with Crippen LogP contribution in [0.4, 0.5) is 4.39 Å². The highest BCUT2D eigenvalue weighted by molar-refractivity contribution is 9.10. The molecule has 0 aliphatic heterocycles. The molecule has 0 aliphatic carbocycles. The summed E-state index contributed by atoms with van der Waals surface area (Å²) in [5, 5.41) is 3.59. The van der Waals surface area contributed by atoms with Crippen molar-refractivity contribution in [3.8, 4) is 0 Å². The average Bonchev–Trinajstić information content (AvgIpc) is 2.56. The van der Waals surface area contributed by atoms with Crippen LogP contribution < -0.4 is 0 Å². The molecule has 5 heteroatoms. The molecule has 0 radical (unpaired) electrons. The normalized spacial score (nSPS) is 10.4. The molecule has 0 saturated carbocycles. The van der Waals surface area contributed by atoms with Gasteiger partial charge in [0.05, 0.1) is 6.42 Å². The molecule has 0 saturated heterocycles. The lowest BCUT2D eigenvalue weighted by atomic mass is 10.1. The largest absolute Gasteiger partial charge is 0.338 e. The van der Waals surface area contributed by atoms with Crippen molar-refractivity contribution in [2.45, 2.75) is 6.42 Å². The predicted molar refractivity (Wildman–Crippen MR) is 51.2 cm³/mol. The van der Waals surface area contributed by atoms with Gasteiger partial charge >= 0.3 is 0 Å². The Morgan fingerprint density at radius 2 is 2.00 bits per heavy atom. The summed E-state index contributed by atoms with van der Waals surface area (Å²) in [6.45, 7) is 0. The van der Waals surface area contributed by atoms with E-state index < -0.39 is 0 Å². The van der Waals surface area contributed by atoms with Gasteiger partial charge in [-0.1, -0.05) is 12.1 Å². The van der Waals surface area contributed by atoms with Crippen LogP contribution in [0.25, 0.3) is 0 Å². The number of aromatic nitrogens is 2. The summed E-state index contributed by atoms with van der Waals surface area (Å²) in [6, 6.07) is 6.18. The van der Waals surface area contributed by atoms with Crippen molar-refractivity contribution in [1.29, 1.82) is 0 Å². The molecule has 0 amide bonds. The van der Waals surface area contributed by atoms with Crippen molar-refractivity contribution >= 4 is 15.9 Å². The molecule has 2 aromatic rings. The topological polar surface area (TPSA) is 38.9 Å². The molecule has 0 N–H and O–H groups in total. The third kappa shape index (κ3) is 2.17. The Morgan fingerprint density at radius 1 is 1.29 bits per heavy atom. The van der Waals surface area contributed by atoms with Gasteiger partial charge in [0.2, 0.25) is 10.6 Å². The standard InChI is InChI=1S/C9H6BrFN2O/c10-9-12-8(14-13-9)5-6-1-3-7(11)4-2-6/h1-4H,5H2. The first-order valence-corrected chi connectivity index (χ1v) is 4.76. The van der Waals surface area contributed by atoms with Gasteiger partial charge in [-0.2, -0.15) is 4.98 Å². The first kappa shape index (κ1) is 9.33. The molecule has 3 nitrogen and oxygen atoms in total. The molecule has 0 fully saturated rings. The van der Waals surface area contributed by atoms with Gasteiger partial charge in [-0.3, -0.25) is 0 Å². The van der Waals surface area contributed by atoms with Gasteiger partial charge in [-0.15, -0.1) is 0 Å². The Bertz CT molecular complexity index is 427. The predicted octanol–water partition coefficient (Wildman–Crippen LogP) is 2.56. The van der Waals surface area contributed by atoms with Crippen molar-refractivity contribution in [1.82, 2.24) is 10.1 Å². The molecular formula is C9H6BrFN2O. The molecule has 0 aliphatic rings. The van der Waals surface area contributed by atoms with Gasteiger partial charge in [-0.25, -0.2) is 4.39 Å². The van der Waals surface area contributed by atoms with Gasteiger partial charge < -0.3 is 4.52 Å². The summed E-state index contributed by atoms with van der Waals surface area (Å²) in [5.74, 6) is 0.254. The lowest BCUT2D eigenvalue weighted by Crippen LogP contribution is -1.88. The second kappa shape index (κ2) is 3.88. The lowest BCUT2D eigenvalue weighted by molar-refractivity contribution is 0.381. The zero-order valence-electron chi connectivity index (χ0n) is 7.08. The third-order valence-corrected chi connectivity index (χ3v) is 2.03. The Labute approximate surface area is 88.1 Å². The minimum absolute atomic E-state index is 0.250. The van der Waals surface area contributed by atoms with Gasteiger partial charge in [0, 0.05) is 0 Å². The summed E-state index contributed by atoms with van der Waals surface area (Å²) in [4.78, 5) is 3.97. The zero-order chi connectivity index (χ0) is 9.97. The van der Waals surface area contributed by atoms with E-state index in [1.54, 1.807) is 12.1 Å². The molecule has 0 bridgehead atoms. The fourth-order valence-electron chi connectivity index (χ4n) is 1.08. The molecule has 1 aromatic heterocycles. The first-order chi connectivity index (χ1) is 6.74. The zero-order valence-corrected chi connectivity index (χ0v) is 8.66. The fourth-order valence-corrected chi connectivity index (χ4v) is 1.35. The Kier molecular flexibility index (Phi) is 2.58. The van der Waals surface area contributed by atoms with E-state index in [4.69, 9.17) is 4.52 Å². The minimum atomic E-state index is -0.250. The smallest absolute Gasteiger partial charge is 0.238 e. The van der Waals surface area contributed by atoms with Crippen molar-refractivity contribution in [2.75, 3.05) is 0 Å². The average molecular weight is 257 g/mol. The first-order valence-electron chi connectivity index (χ1n) is 3.96. The van der Waals surface area contributed by atoms with Gasteiger partial charge in [0.15, 0.2) is 0 Å². The maximum atomic E-state index is 12.6. The van der Waals surface area contributed by atoms with Crippen molar-refractivity contribution in [3.63, 3.8) is 0 Å². The second-order valence-electron chi connectivity index (χ2n) is 2.76. The van der Waals surface area contributed by atoms with Crippen molar-refractivity contribution in [3.05, 3.63) is 46.3 Å². The van der Waals surface area contributed by atoms with Crippen LogP contribution in [-0.2, 0) is 6.42 Å². The SMILES string of the molecule is Fc1ccc(Cc2nc(Br)no2)cc1. The number of hydrogen-bond acceptors (Lipinski definition) is 3. The van der Waals surface area contributed by atoms with Gasteiger partial charge in [0.1, 0.15) is 5.82 Å². The Morgan fingerprint density at radius 3 is 2.57 bits per heavy atom. The number of benzene rings is 1. The molecule has 2 rings (SSSR count). The van der Waals surface area contributed by atoms with E-state index in [2.05, 4.69) is 26.1 Å². The number of rotatable bonds is 2. The van der Waals surface area contributed by atoms with Crippen LogP contribution in [0, 0.1) is 5.82 Å². The molecule has 1 aromatic carbocycles. The highest BCUT2D eigenvalue weighted by Crippen LogP contribution is 2.10. The highest BCUT2D eigenvalue weighted by atomic mass is 79.9. The summed E-state index contributed by atoms with van der Waals surface area (Å²) in [7, 11) is 0. The Hall–Kier alpha value is -1.23. The summed E-state index contributed by atoms with van der Waals surface area (Å²) >= 11 is 3.08. The van der Waals surface area contributed by atoms with E-state index in [0.29, 0.717) is 17.0 Å². The van der Waals surface area contributed by atoms with E-state index >= 15 is 0 Å². The van der Waals surface area contributed by atoms with Crippen LogP contribution in [0.1, 0.15) is 11.5 Å². The van der Waals surface area contributed by atoms with E-state index in [1.807, 2.05) is 0 Å². The number of halogens is 2. The number of nitrogens with zero attached hydrogens (tertiary/aromatic N) is 2. The summed E-state index contributed by atoms with van der Waals surface area (Å²) in [6.07, 6.45) is 0.513. The molecular weight excluding hydrogens is 251 g/mol. The highest BCUT2D eigenvalue weighted by Gasteiger charge is 2.04. The van der Waals surface area contributed by atoms with Gasteiger partial charge in [0.25, 0.3) is 0 Å². The molecule has 14 heavy (non-hydrogen) atoms. The van der Waals surface area contributed by atoms with Crippen molar-refractivity contribution < 1.29 is 8.91 Å². The van der Waals surface area contributed by atoms with Crippen LogP contribution in [0.5, 0.6) is 0 Å². The van der Waals surface area contributed by atoms with Crippen LogP contribution >= 0.6 is 15.9 Å². The van der Waals surface area contributed by atoms with Crippen LogP contribution in [-0.4, -0.2) is 10.1 Å². The lowest BCUT2D eigenvalue weighted by Gasteiger charge is -1.95. The van der Waals surface area contributed by atoms with E-state index in [0.717, 1.165) is 5.56 Å². The van der Waals surface area contributed by atoms with E-state index in [9.17, 15) is 4.39 Å². The minimum Gasteiger partial charge on any atom is -0.338 e. The molecule has 0 atom stereocenters. The molecule has 1 heterocycles. The summed E-state index contributed by atoms with van der Waals surface area (Å²) < 4.78 is 17.9. The summed E-state index contributed by atoms with van der Waals surface area (Å²) in [5.41, 5.74) is 0.933. The van der Waals surface area contributed by atoms with E-state index in [1.165, 1.54) is 12.1 Å². The monoisotopic (exact) mass is 256 g/mol.